The van der Waals surface area contributed by atoms with Crippen molar-refractivity contribution in [1.82, 2.24) is 4.57 Å². The summed E-state index contributed by atoms with van der Waals surface area (Å²) in [4.78, 5) is 27.4. The third kappa shape index (κ3) is 3.97. The van der Waals surface area contributed by atoms with Crippen LogP contribution in [0.5, 0.6) is 0 Å². The van der Waals surface area contributed by atoms with Gasteiger partial charge in [-0.15, -0.1) is 0 Å². The van der Waals surface area contributed by atoms with E-state index in [4.69, 9.17) is 0 Å². The zero-order valence-electron chi connectivity index (χ0n) is 15.4. The molecule has 1 heterocycles. The second-order valence-electron chi connectivity index (χ2n) is 6.33. The van der Waals surface area contributed by atoms with Crippen molar-refractivity contribution in [3.05, 3.63) is 99.7 Å². The van der Waals surface area contributed by atoms with Crippen LogP contribution in [-0.4, -0.2) is 17.0 Å². The molecule has 0 atom stereocenters. The van der Waals surface area contributed by atoms with Crippen molar-refractivity contribution >= 4 is 11.6 Å². The number of rotatable bonds is 5. The fraction of sp³-hybridized carbons (Fsp3) is 0.182. The molecule has 0 saturated heterocycles. The number of pyridine rings is 1. The highest BCUT2D eigenvalue weighted by Gasteiger charge is 2.20. The molecule has 0 aliphatic rings. The molecule has 0 N–H and O–H groups in total. The van der Waals surface area contributed by atoms with Gasteiger partial charge in [-0.05, 0) is 49.7 Å². The molecule has 3 aromatic rings. The van der Waals surface area contributed by atoms with Crippen LogP contribution >= 0.6 is 0 Å². The number of hydrogen-bond acceptors (Lipinski definition) is 2. The summed E-state index contributed by atoms with van der Waals surface area (Å²) < 4.78 is 15.3. The van der Waals surface area contributed by atoms with Gasteiger partial charge in [0.2, 0.25) is 0 Å². The first-order valence-corrected chi connectivity index (χ1v) is 8.82. The van der Waals surface area contributed by atoms with Gasteiger partial charge in [-0.2, -0.15) is 0 Å². The van der Waals surface area contributed by atoms with Gasteiger partial charge >= 0.3 is 0 Å². The molecule has 2 aromatic carbocycles. The summed E-state index contributed by atoms with van der Waals surface area (Å²) in [6.45, 7) is 4.32. The second kappa shape index (κ2) is 7.99. The van der Waals surface area contributed by atoms with Crippen molar-refractivity contribution in [2.45, 2.75) is 20.4 Å². The predicted octanol–water partition coefficient (Wildman–Crippen LogP) is 4.01. The molecule has 0 aliphatic carbocycles. The minimum atomic E-state index is -0.433. The first-order chi connectivity index (χ1) is 13.0. The lowest BCUT2D eigenvalue weighted by Crippen LogP contribution is -2.36. The Labute approximate surface area is 157 Å². The molecule has 27 heavy (non-hydrogen) atoms. The maximum Gasteiger partial charge on any atom is 0.263 e. The van der Waals surface area contributed by atoms with Crippen molar-refractivity contribution in [1.29, 1.82) is 0 Å². The largest absolute Gasteiger partial charge is 0.310 e. The van der Waals surface area contributed by atoms with Gasteiger partial charge < -0.3 is 9.47 Å². The molecule has 0 radical (unpaired) electrons. The SMILES string of the molecule is CCN(C(=O)c1cccn(Cc2ccccc2F)c1=O)c1cccc(C)c1. The zero-order valence-corrected chi connectivity index (χ0v) is 15.4. The molecule has 0 unspecified atom stereocenters. The van der Waals surface area contributed by atoms with Gasteiger partial charge in [0.1, 0.15) is 11.4 Å². The molecule has 4 nitrogen and oxygen atoms in total. The maximum atomic E-state index is 13.9. The molecule has 1 amide bonds. The summed E-state index contributed by atoms with van der Waals surface area (Å²) in [7, 11) is 0. The molecule has 0 bridgehead atoms. The number of benzene rings is 2. The molecule has 3 rings (SSSR count). The van der Waals surface area contributed by atoms with Gasteiger partial charge in [0.25, 0.3) is 11.5 Å². The summed E-state index contributed by atoms with van der Waals surface area (Å²) in [5.41, 5.74) is 1.81. The lowest BCUT2D eigenvalue weighted by molar-refractivity contribution is 0.0986. The Balaban J connectivity index is 1.96. The summed E-state index contributed by atoms with van der Waals surface area (Å²) >= 11 is 0. The molecule has 0 saturated carbocycles. The van der Waals surface area contributed by atoms with E-state index in [2.05, 4.69) is 0 Å². The van der Waals surface area contributed by atoms with Gasteiger partial charge in [-0.1, -0.05) is 30.3 Å². The van der Waals surface area contributed by atoms with E-state index in [9.17, 15) is 14.0 Å². The van der Waals surface area contributed by atoms with Crippen LogP contribution in [0.4, 0.5) is 10.1 Å². The standard InChI is InChI=1S/C22H21FN2O2/c1-3-25(18-10-6-8-16(2)14-18)22(27)19-11-7-13-24(21(19)26)15-17-9-4-5-12-20(17)23/h4-14H,3,15H2,1-2H3. The number of aromatic nitrogens is 1. The normalized spacial score (nSPS) is 10.6. The van der Waals surface area contributed by atoms with Crippen molar-refractivity contribution in [2.24, 2.45) is 0 Å². The number of amides is 1. The Morgan fingerprint density at radius 3 is 2.56 bits per heavy atom. The summed E-state index contributed by atoms with van der Waals surface area (Å²) in [5, 5.41) is 0. The lowest BCUT2D eigenvalue weighted by Gasteiger charge is -2.21. The van der Waals surface area contributed by atoms with E-state index >= 15 is 0 Å². The van der Waals surface area contributed by atoms with Crippen LogP contribution in [0.3, 0.4) is 0 Å². The van der Waals surface area contributed by atoms with Crippen molar-refractivity contribution in [2.75, 3.05) is 11.4 Å². The Kier molecular flexibility index (Phi) is 5.50. The van der Waals surface area contributed by atoms with E-state index < -0.39 is 5.56 Å². The van der Waals surface area contributed by atoms with Gasteiger partial charge in [0.05, 0.1) is 6.54 Å². The first-order valence-electron chi connectivity index (χ1n) is 8.82. The Hall–Kier alpha value is -3.21. The highest BCUT2D eigenvalue weighted by atomic mass is 19.1. The van der Waals surface area contributed by atoms with Crippen molar-refractivity contribution in [3.63, 3.8) is 0 Å². The van der Waals surface area contributed by atoms with E-state index in [1.807, 2.05) is 38.1 Å². The number of halogens is 1. The number of carbonyl (C=O) groups is 1. The molecule has 138 valence electrons. The van der Waals surface area contributed by atoms with Gasteiger partial charge in [-0.25, -0.2) is 4.39 Å². The monoisotopic (exact) mass is 364 g/mol. The lowest BCUT2D eigenvalue weighted by atomic mass is 10.1. The van der Waals surface area contributed by atoms with Crippen LogP contribution in [-0.2, 0) is 6.54 Å². The molecule has 1 aromatic heterocycles. The van der Waals surface area contributed by atoms with E-state index in [1.54, 1.807) is 35.4 Å². The van der Waals surface area contributed by atoms with Gasteiger partial charge in [0, 0.05) is 24.0 Å². The summed E-state index contributed by atoms with van der Waals surface area (Å²) in [6, 6.07) is 17.0. The average molecular weight is 364 g/mol. The van der Waals surface area contributed by atoms with Gasteiger partial charge in [0.15, 0.2) is 0 Å². The smallest absolute Gasteiger partial charge is 0.263 e. The van der Waals surface area contributed by atoms with Crippen molar-refractivity contribution in [3.8, 4) is 0 Å². The number of anilines is 1. The van der Waals surface area contributed by atoms with Gasteiger partial charge in [-0.3, -0.25) is 9.59 Å². The third-order valence-electron chi connectivity index (χ3n) is 4.42. The topological polar surface area (TPSA) is 42.3 Å². The number of carbonyl (C=O) groups excluding carboxylic acids is 1. The quantitative estimate of drug-likeness (QED) is 0.686. The highest BCUT2D eigenvalue weighted by Crippen LogP contribution is 2.18. The first kappa shape index (κ1) is 18.6. The summed E-state index contributed by atoms with van der Waals surface area (Å²) in [6.07, 6.45) is 1.56. The number of nitrogens with zero attached hydrogens (tertiary/aromatic N) is 2. The Morgan fingerprint density at radius 2 is 1.85 bits per heavy atom. The third-order valence-corrected chi connectivity index (χ3v) is 4.42. The van der Waals surface area contributed by atoms with Crippen LogP contribution in [0.15, 0.2) is 71.7 Å². The minimum Gasteiger partial charge on any atom is -0.310 e. The molecule has 0 aliphatic heterocycles. The molecule has 0 fully saturated rings. The second-order valence-corrected chi connectivity index (χ2v) is 6.33. The average Bonchev–Trinajstić information content (AvgIpc) is 2.66. The number of hydrogen-bond donors (Lipinski definition) is 0. The van der Waals surface area contributed by atoms with Crippen LogP contribution in [0.1, 0.15) is 28.4 Å². The fourth-order valence-corrected chi connectivity index (χ4v) is 3.02. The predicted molar refractivity (Wildman–Crippen MR) is 105 cm³/mol. The molecule has 5 heteroatoms. The van der Waals surface area contributed by atoms with Crippen LogP contribution < -0.4 is 10.5 Å². The van der Waals surface area contributed by atoms with Crippen LogP contribution in [0.25, 0.3) is 0 Å². The molecule has 0 spiro atoms. The molecular weight excluding hydrogens is 343 g/mol. The van der Waals surface area contributed by atoms with E-state index in [-0.39, 0.29) is 23.8 Å². The Bertz CT molecular complexity index is 1030. The van der Waals surface area contributed by atoms with Crippen LogP contribution in [0, 0.1) is 12.7 Å². The fourth-order valence-electron chi connectivity index (χ4n) is 3.02. The van der Waals surface area contributed by atoms with Crippen LogP contribution in [0.2, 0.25) is 0 Å². The summed E-state index contributed by atoms with van der Waals surface area (Å²) in [5.74, 6) is -0.743. The Morgan fingerprint density at radius 1 is 1.07 bits per heavy atom. The van der Waals surface area contributed by atoms with Crippen molar-refractivity contribution < 1.29 is 9.18 Å². The highest BCUT2D eigenvalue weighted by molar-refractivity contribution is 6.05. The maximum absolute atomic E-state index is 13.9. The van der Waals surface area contributed by atoms with E-state index in [1.165, 1.54) is 16.7 Å². The molecular formula is C22H21FN2O2. The van der Waals surface area contributed by atoms with E-state index in [0.717, 1.165) is 11.3 Å². The van der Waals surface area contributed by atoms with E-state index in [0.29, 0.717) is 12.1 Å². The zero-order chi connectivity index (χ0) is 19.4. The minimum absolute atomic E-state index is 0.0668. The number of aryl methyl sites for hydroxylation is 1.